The van der Waals surface area contributed by atoms with Crippen molar-refractivity contribution in [1.29, 1.82) is 0 Å². The van der Waals surface area contributed by atoms with Gasteiger partial charge in [-0.15, -0.1) is 0 Å². The molecule has 0 aromatic rings. The van der Waals surface area contributed by atoms with Gasteiger partial charge in [0, 0.05) is 70.5 Å². The Balaban J connectivity index is 2.77. The summed E-state index contributed by atoms with van der Waals surface area (Å²) in [6.07, 6.45) is 1.02. The molecule has 0 aliphatic carbocycles. The number of amides is 3. The van der Waals surface area contributed by atoms with Crippen LogP contribution in [0.2, 0.25) is 6.82 Å². The largest absolute Gasteiger partial charge is 0.362 e. The number of hydrogen-bond donors (Lipinski definition) is 3. The topological polar surface area (TPSA) is 125 Å². The summed E-state index contributed by atoms with van der Waals surface area (Å²) < 4.78 is 2.79. The Labute approximate surface area is 196 Å². The normalized spacial score (nSPS) is 20.0. The molecule has 0 aromatic heterocycles. The van der Waals surface area contributed by atoms with Crippen LogP contribution in [-0.2, 0) is 14.4 Å². The molecule has 2 unspecified atom stereocenters. The molecule has 1 radical (unpaired) electrons. The zero-order valence-corrected chi connectivity index (χ0v) is 21.4. The van der Waals surface area contributed by atoms with Gasteiger partial charge in [-0.2, -0.15) is 0 Å². The van der Waals surface area contributed by atoms with Crippen LogP contribution in [0.5, 0.6) is 0 Å². The van der Waals surface area contributed by atoms with Gasteiger partial charge in [-0.1, -0.05) is 40.9 Å². The van der Waals surface area contributed by atoms with E-state index in [1.165, 1.54) is 11.2 Å². The third kappa shape index (κ3) is 6.52. The molecule has 1 fully saturated rings. The van der Waals surface area contributed by atoms with E-state index in [0.717, 1.165) is 6.42 Å². The third-order valence-electron chi connectivity index (χ3n) is 5.70. The predicted molar refractivity (Wildman–Crippen MR) is 128 cm³/mol. The van der Waals surface area contributed by atoms with Gasteiger partial charge in [-0.25, -0.2) is 6.27 Å². The lowest BCUT2D eigenvalue weighted by Gasteiger charge is -2.37. The van der Waals surface area contributed by atoms with E-state index in [-0.39, 0.29) is 55.3 Å². The highest BCUT2D eigenvalue weighted by atomic mass is 127. The highest BCUT2D eigenvalue weighted by molar-refractivity contribution is 14.1. The molecule has 1 rings (SSSR count). The molecule has 5 N–H and O–H groups in total. The Hall–Kier alpha value is 0.0399. The number of likely N-dealkylation sites (tertiary alicyclic amines) is 1. The second-order valence-electron chi connectivity index (χ2n) is 8.06. The summed E-state index contributed by atoms with van der Waals surface area (Å²) in [6.45, 7) is 9.46. The number of nitrogens with two attached hydrogens (primary N) is 2. The lowest BCUT2D eigenvalue weighted by atomic mass is 9.37. The van der Waals surface area contributed by atoms with Crippen molar-refractivity contribution in [3.05, 3.63) is 0 Å². The fourth-order valence-corrected chi connectivity index (χ4v) is 4.27. The monoisotopic (exact) mass is 617 g/mol. The Morgan fingerprint density at radius 1 is 1.36 bits per heavy atom. The van der Waals surface area contributed by atoms with E-state index in [4.69, 9.17) is 11.7 Å². The summed E-state index contributed by atoms with van der Waals surface area (Å²) in [5, 5.41) is 2.08. The number of rotatable bonds is 10. The van der Waals surface area contributed by atoms with Crippen LogP contribution in [0.4, 0.5) is 0 Å². The maximum absolute atomic E-state index is 12.7. The quantitative estimate of drug-likeness (QED) is 0.0830. The summed E-state index contributed by atoms with van der Waals surface area (Å²) in [6, 6.07) is 0. The summed E-state index contributed by atoms with van der Waals surface area (Å²) in [7, 11) is 1.65. The van der Waals surface area contributed by atoms with Crippen LogP contribution < -0.4 is 17.0 Å². The third-order valence-corrected chi connectivity index (χ3v) is 6.81. The van der Waals surface area contributed by atoms with Crippen molar-refractivity contribution in [1.82, 2.24) is 16.5 Å². The van der Waals surface area contributed by atoms with Crippen LogP contribution in [0, 0.1) is 11.3 Å². The minimum Gasteiger partial charge on any atom is -0.362 e. The SMILES string of the molecule is CCC(C)(C)C1CC(=O)N(CCC(=O)NC(C)([B]N(N)I)B(C)N(N)I)C1=O. The van der Waals surface area contributed by atoms with Crippen molar-refractivity contribution in [2.75, 3.05) is 6.54 Å². The molecule has 157 valence electrons. The lowest BCUT2D eigenvalue weighted by Crippen LogP contribution is -2.68. The van der Waals surface area contributed by atoms with Crippen LogP contribution >= 0.6 is 45.7 Å². The molecule has 0 saturated carbocycles. The van der Waals surface area contributed by atoms with Gasteiger partial charge in [0.2, 0.25) is 17.7 Å². The van der Waals surface area contributed by atoms with Crippen LogP contribution in [0.25, 0.3) is 0 Å². The number of hydrogen-bond acceptors (Lipinski definition) is 7. The minimum absolute atomic E-state index is 0.0184. The Morgan fingerprint density at radius 3 is 2.39 bits per heavy atom. The van der Waals surface area contributed by atoms with Crippen LogP contribution in [0.3, 0.4) is 0 Å². The highest BCUT2D eigenvalue weighted by Crippen LogP contribution is 2.38. The summed E-state index contributed by atoms with van der Waals surface area (Å²) >= 11 is 3.83. The molecule has 2 atom stereocenters. The first-order chi connectivity index (χ1) is 12.7. The van der Waals surface area contributed by atoms with Crippen molar-refractivity contribution < 1.29 is 14.4 Å². The Kier molecular flexibility index (Phi) is 9.66. The van der Waals surface area contributed by atoms with Gasteiger partial charge in [0.15, 0.2) is 0 Å². The van der Waals surface area contributed by atoms with Gasteiger partial charge in [0.25, 0.3) is 14.3 Å². The number of nitrogens with zero attached hydrogens (tertiary/aromatic N) is 3. The molecule has 13 heteroatoms. The van der Waals surface area contributed by atoms with E-state index < -0.39 is 5.34 Å². The van der Waals surface area contributed by atoms with E-state index in [9.17, 15) is 14.4 Å². The lowest BCUT2D eigenvalue weighted by molar-refractivity contribution is -0.140. The van der Waals surface area contributed by atoms with E-state index in [2.05, 4.69) is 5.32 Å². The van der Waals surface area contributed by atoms with Crippen molar-refractivity contribution in [2.45, 2.75) is 59.1 Å². The molecule has 0 spiro atoms. The second kappa shape index (κ2) is 10.4. The molecule has 3 amide bonds. The molecular formula is C15H29B2I2N6O3. The van der Waals surface area contributed by atoms with Crippen molar-refractivity contribution in [2.24, 2.45) is 23.0 Å². The maximum atomic E-state index is 12.7. The number of imide groups is 1. The molecule has 28 heavy (non-hydrogen) atoms. The molecule has 0 bridgehead atoms. The zero-order chi connectivity index (χ0) is 21.9. The fourth-order valence-electron chi connectivity index (χ4n) is 3.11. The van der Waals surface area contributed by atoms with Gasteiger partial charge >= 0.3 is 0 Å². The molecule has 1 heterocycles. The van der Waals surface area contributed by atoms with Gasteiger partial charge in [-0.3, -0.25) is 31.0 Å². The summed E-state index contributed by atoms with van der Waals surface area (Å²) in [5.41, 5.74) is -0.248. The number of hydrazine groups is 2. The molecule has 1 saturated heterocycles. The Morgan fingerprint density at radius 2 is 1.93 bits per heavy atom. The van der Waals surface area contributed by atoms with Gasteiger partial charge in [0.1, 0.15) is 0 Å². The van der Waals surface area contributed by atoms with E-state index in [0.29, 0.717) is 0 Å². The van der Waals surface area contributed by atoms with E-state index in [1.54, 1.807) is 14.3 Å². The van der Waals surface area contributed by atoms with Crippen LogP contribution in [0.1, 0.15) is 47.0 Å². The van der Waals surface area contributed by atoms with Gasteiger partial charge in [-0.05, 0) is 5.41 Å². The first kappa shape index (κ1) is 26.1. The second-order valence-corrected chi connectivity index (χ2v) is 10.3. The number of nitrogens with one attached hydrogen (secondary N) is 1. The predicted octanol–water partition coefficient (Wildman–Crippen LogP) is 0.851. The Bertz CT molecular complexity index is 610. The first-order valence-corrected chi connectivity index (χ1v) is 11.1. The van der Waals surface area contributed by atoms with Crippen LogP contribution in [0.15, 0.2) is 0 Å². The molecule has 0 aromatic carbocycles. The van der Waals surface area contributed by atoms with Crippen molar-refractivity contribution in [3.63, 3.8) is 0 Å². The number of carbonyl (C=O) groups excluding carboxylic acids is 3. The van der Waals surface area contributed by atoms with E-state index >= 15 is 0 Å². The zero-order valence-electron chi connectivity index (χ0n) is 17.0. The number of halogens is 2. The van der Waals surface area contributed by atoms with E-state index in [1.807, 2.05) is 73.3 Å². The standard InChI is InChI=1S/C15H29B2I2N6O3/c1-6-14(2,3)10-9-12(27)23(13(10)28)8-7-11(26)22-15(4,16-24(18)20)17(5)25(19)21/h10H,6-9,20-21H2,1-5H3,(H,22,26). The molecule has 9 nitrogen and oxygen atoms in total. The molecular weight excluding hydrogens is 588 g/mol. The number of carbonyl (C=O) groups is 3. The maximum Gasteiger partial charge on any atom is 0.271 e. The average molecular weight is 617 g/mol. The highest BCUT2D eigenvalue weighted by Gasteiger charge is 2.46. The van der Waals surface area contributed by atoms with Gasteiger partial charge < -0.3 is 5.32 Å². The van der Waals surface area contributed by atoms with Crippen molar-refractivity contribution >= 4 is 77.7 Å². The summed E-state index contributed by atoms with van der Waals surface area (Å²) in [4.78, 5) is 38.8. The van der Waals surface area contributed by atoms with Crippen LogP contribution in [-0.4, -0.2) is 55.0 Å². The first-order valence-electron chi connectivity index (χ1n) is 9.15. The summed E-state index contributed by atoms with van der Waals surface area (Å²) in [5.74, 6) is 10.5. The average Bonchev–Trinajstić information content (AvgIpc) is 2.86. The van der Waals surface area contributed by atoms with Gasteiger partial charge in [0.05, 0.1) is 5.92 Å². The fraction of sp³-hybridized carbons (Fsp3) is 0.800. The van der Waals surface area contributed by atoms with Crippen molar-refractivity contribution in [3.8, 4) is 0 Å². The molecule has 1 aliphatic rings. The molecule has 1 aliphatic heterocycles. The minimum atomic E-state index is -0.839. The smallest absolute Gasteiger partial charge is 0.271 e.